The van der Waals surface area contributed by atoms with Gasteiger partial charge in [0.2, 0.25) is 5.78 Å². The maximum Gasteiger partial charge on any atom is 0.306 e. The Bertz CT molecular complexity index is 938. The van der Waals surface area contributed by atoms with Crippen molar-refractivity contribution in [3.05, 3.63) is 11.6 Å². The summed E-state index contributed by atoms with van der Waals surface area (Å²) in [5, 5.41) is 11.6. The van der Waals surface area contributed by atoms with Gasteiger partial charge in [0, 0.05) is 24.7 Å². The van der Waals surface area contributed by atoms with Crippen molar-refractivity contribution in [3.63, 3.8) is 0 Å². The molecule has 0 aromatic rings. The molecule has 3 saturated carbocycles. The standard InChI is InChI=1S/C28H40O7/c1-5-7-24(33)35-28(22(31)16-34-23(32)6-2)13-11-20-19-9-8-17-14-18(29)10-12-26(17,3)25(19)21(30)15-27(20,28)4/h14,19-21,25,30H,5-13,15-16H2,1-4H3/t19-,20+,21-,25+,26-,27-,28-/m0/s1. The van der Waals surface area contributed by atoms with Crippen LogP contribution in [-0.2, 0) is 28.7 Å². The molecule has 0 amide bonds. The summed E-state index contributed by atoms with van der Waals surface area (Å²) < 4.78 is 11.3. The van der Waals surface area contributed by atoms with Gasteiger partial charge < -0.3 is 14.6 Å². The Labute approximate surface area is 208 Å². The van der Waals surface area contributed by atoms with Crippen LogP contribution in [0.15, 0.2) is 11.6 Å². The van der Waals surface area contributed by atoms with Crippen LogP contribution in [0.5, 0.6) is 0 Å². The largest absolute Gasteiger partial charge is 0.457 e. The fourth-order valence-electron chi connectivity index (χ4n) is 8.17. The minimum Gasteiger partial charge on any atom is -0.457 e. The maximum absolute atomic E-state index is 13.7. The number of aliphatic hydroxyl groups excluding tert-OH is 1. The quantitative estimate of drug-likeness (QED) is 0.538. The molecule has 0 heterocycles. The number of esters is 2. The van der Waals surface area contributed by atoms with Gasteiger partial charge in [-0.05, 0) is 74.2 Å². The van der Waals surface area contributed by atoms with Crippen molar-refractivity contribution in [2.75, 3.05) is 6.61 Å². The SMILES string of the molecule is CCCC(=O)O[C@]1(C(=O)COC(=O)CC)CC[C@@H]2[C@@H]3CCC4=CC(=O)CC[C@]4(C)[C@H]3[C@@H](O)C[C@@]21C. The zero-order valence-corrected chi connectivity index (χ0v) is 21.6. The zero-order chi connectivity index (χ0) is 25.6. The predicted octanol–water partition coefficient (Wildman–Crippen LogP) is 4.09. The number of hydrogen-bond acceptors (Lipinski definition) is 7. The first-order valence-electron chi connectivity index (χ1n) is 13.3. The topological polar surface area (TPSA) is 107 Å². The van der Waals surface area contributed by atoms with Crippen LogP contribution >= 0.6 is 0 Å². The van der Waals surface area contributed by atoms with Crippen LogP contribution in [0.3, 0.4) is 0 Å². The molecule has 0 saturated heterocycles. The molecule has 0 aliphatic heterocycles. The number of carbonyl (C=O) groups excluding carboxylic acids is 4. The molecule has 3 fully saturated rings. The number of ketones is 2. The van der Waals surface area contributed by atoms with Crippen LogP contribution in [0.1, 0.15) is 91.9 Å². The molecule has 0 unspecified atom stereocenters. The lowest BCUT2D eigenvalue weighted by molar-refractivity contribution is -0.203. The van der Waals surface area contributed by atoms with E-state index < -0.39 is 35.7 Å². The van der Waals surface area contributed by atoms with E-state index in [1.807, 2.05) is 13.8 Å². The van der Waals surface area contributed by atoms with Crippen molar-refractivity contribution < 1.29 is 33.8 Å². The molecule has 0 aromatic carbocycles. The van der Waals surface area contributed by atoms with E-state index in [-0.39, 0.29) is 47.6 Å². The molecule has 0 radical (unpaired) electrons. The van der Waals surface area contributed by atoms with Crippen LogP contribution in [0.2, 0.25) is 0 Å². The molecule has 35 heavy (non-hydrogen) atoms. The lowest BCUT2D eigenvalue weighted by Gasteiger charge is -2.60. The third-order valence-electron chi connectivity index (χ3n) is 9.86. The van der Waals surface area contributed by atoms with Crippen molar-refractivity contribution in [1.82, 2.24) is 0 Å². The van der Waals surface area contributed by atoms with Crippen LogP contribution < -0.4 is 0 Å². The van der Waals surface area contributed by atoms with Crippen molar-refractivity contribution in [3.8, 4) is 0 Å². The Morgan fingerprint density at radius 1 is 1.09 bits per heavy atom. The molecular weight excluding hydrogens is 448 g/mol. The molecule has 0 aromatic heterocycles. The lowest BCUT2D eigenvalue weighted by Crippen LogP contribution is -2.63. The van der Waals surface area contributed by atoms with Crippen LogP contribution in [-0.4, -0.2) is 46.9 Å². The lowest BCUT2D eigenvalue weighted by atomic mass is 9.45. The van der Waals surface area contributed by atoms with E-state index in [9.17, 15) is 24.3 Å². The molecule has 0 bridgehead atoms. The Hall–Kier alpha value is -2.02. The molecule has 194 valence electrons. The fraction of sp³-hybridized carbons (Fsp3) is 0.786. The summed E-state index contributed by atoms with van der Waals surface area (Å²) in [7, 11) is 0. The minimum absolute atomic E-state index is 0.00356. The monoisotopic (exact) mass is 488 g/mol. The second-order valence-corrected chi connectivity index (χ2v) is 11.6. The molecule has 4 aliphatic rings. The van der Waals surface area contributed by atoms with E-state index >= 15 is 0 Å². The maximum atomic E-state index is 13.7. The molecule has 4 rings (SSSR count). The van der Waals surface area contributed by atoms with E-state index in [0.29, 0.717) is 32.1 Å². The molecule has 4 aliphatic carbocycles. The van der Waals surface area contributed by atoms with Crippen molar-refractivity contribution in [2.24, 2.45) is 28.6 Å². The Balaban J connectivity index is 1.70. The fourth-order valence-corrected chi connectivity index (χ4v) is 8.17. The number of carbonyl (C=O) groups is 4. The molecule has 0 spiro atoms. The number of ether oxygens (including phenoxy) is 2. The molecule has 7 atom stereocenters. The highest BCUT2D eigenvalue weighted by atomic mass is 16.6. The van der Waals surface area contributed by atoms with Gasteiger partial charge in [-0.1, -0.05) is 33.3 Å². The second-order valence-electron chi connectivity index (χ2n) is 11.6. The van der Waals surface area contributed by atoms with E-state index in [1.165, 1.54) is 0 Å². The van der Waals surface area contributed by atoms with Crippen molar-refractivity contribution in [2.45, 2.75) is 104 Å². The van der Waals surface area contributed by atoms with Gasteiger partial charge in [0.25, 0.3) is 0 Å². The summed E-state index contributed by atoms with van der Waals surface area (Å²) in [5.41, 5.74) is -1.25. The summed E-state index contributed by atoms with van der Waals surface area (Å²) >= 11 is 0. The number of hydrogen-bond donors (Lipinski definition) is 1. The number of aliphatic hydroxyl groups is 1. The van der Waals surface area contributed by atoms with E-state index in [0.717, 1.165) is 24.8 Å². The number of allylic oxidation sites excluding steroid dienone is 1. The first kappa shape index (κ1) is 26.1. The smallest absolute Gasteiger partial charge is 0.306 e. The van der Waals surface area contributed by atoms with Crippen LogP contribution in [0.4, 0.5) is 0 Å². The highest BCUT2D eigenvalue weighted by Crippen LogP contribution is 2.68. The van der Waals surface area contributed by atoms with Gasteiger partial charge >= 0.3 is 11.9 Å². The number of fused-ring (bicyclic) bond motifs is 5. The first-order chi connectivity index (χ1) is 16.5. The third kappa shape index (κ3) is 4.08. The Morgan fingerprint density at radius 3 is 2.51 bits per heavy atom. The van der Waals surface area contributed by atoms with E-state index in [4.69, 9.17) is 9.47 Å². The summed E-state index contributed by atoms with van der Waals surface area (Å²) in [6.07, 6.45) is 6.41. The number of rotatable bonds is 7. The summed E-state index contributed by atoms with van der Waals surface area (Å²) in [6.45, 7) is 7.30. The van der Waals surface area contributed by atoms with Gasteiger partial charge in [-0.15, -0.1) is 0 Å². The average Bonchev–Trinajstić information content (AvgIpc) is 3.09. The first-order valence-corrected chi connectivity index (χ1v) is 13.3. The number of Topliss-reactive ketones (excluding diaryl/α,β-unsaturated/α-hetero) is 1. The summed E-state index contributed by atoms with van der Waals surface area (Å²) in [6, 6.07) is 0. The summed E-state index contributed by atoms with van der Waals surface area (Å²) in [4.78, 5) is 50.4. The van der Waals surface area contributed by atoms with Gasteiger partial charge in [0.05, 0.1) is 6.10 Å². The predicted molar refractivity (Wildman–Crippen MR) is 128 cm³/mol. The Morgan fingerprint density at radius 2 is 1.83 bits per heavy atom. The molecule has 7 heteroatoms. The second kappa shape index (κ2) is 9.45. The Kier molecular flexibility index (Phi) is 7.04. The van der Waals surface area contributed by atoms with Crippen molar-refractivity contribution >= 4 is 23.5 Å². The van der Waals surface area contributed by atoms with Gasteiger partial charge in [-0.25, -0.2) is 0 Å². The van der Waals surface area contributed by atoms with Gasteiger partial charge in [-0.3, -0.25) is 19.2 Å². The minimum atomic E-state index is -1.41. The molecule has 1 N–H and O–H groups in total. The highest BCUT2D eigenvalue weighted by molar-refractivity contribution is 5.93. The summed E-state index contributed by atoms with van der Waals surface area (Å²) in [5.74, 6) is -0.852. The van der Waals surface area contributed by atoms with Gasteiger partial charge in [0.15, 0.2) is 18.0 Å². The van der Waals surface area contributed by atoms with Gasteiger partial charge in [0.1, 0.15) is 0 Å². The van der Waals surface area contributed by atoms with Crippen molar-refractivity contribution in [1.29, 1.82) is 0 Å². The third-order valence-corrected chi connectivity index (χ3v) is 9.86. The van der Waals surface area contributed by atoms with Crippen LogP contribution in [0.25, 0.3) is 0 Å². The van der Waals surface area contributed by atoms with E-state index in [2.05, 4.69) is 6.92 Å². The highest BCUT2D eigenvalue weighted by Gasteiger charge is 2.70. The van der Waals surface area contributed by atoms with E-state index in [1.54, 1.807) is 13.0 Å². The van der Waals surface area contributed by atoms with Gasteiger partial charge in [-0.2, -0.15) is 0 Å². The average molecular weight is 489 g/mol. The molecular formula is C28H40O7. The molecule has 7 nitrogen and oxygen atoms in total. The zero-order valence-electron chi connectivity index (χ0n) is 21.6. The normalized spacial score (nSPS) is 40.1. The van der Waals surface area contributed by atoms with Crippen LogP contribution in [0, 0.1) is 28.6 Å².